The molecule has 1 aromatic heterocycles. The molecular weight excluding hydrogens is 314 g/mol. The zero-order chi connectivity index (χ0) is 17.6. The van der Waals surface area contributed by atoms with Gasteiger partial charge in [-0.05, 0) is 50.1 Å². The van der Waals surface area contributed by atoms with Gasteiger partial charge in [0, 0.05) is 50.5 Å². The van der Waals surface area contributed by atoms with Crippen LogP contribution in [-0.4, -0.2) is 65.3 Å². The van der Waals surface area contributed by atoms with Crippen molar-refractivity contribution in [2.24, 2.45) is 11.8 Å². The van der Waals surface area contributed by atoms with Crippen molar-refractivity contribution in [1.29, 1.82) is 0 Å². The fourth-order valence-corrected chi connectivity index (χ4v) is 4.25. The summed E-state index contributed by atoms with van der Waals surface area (Å²) < 4.78 is 0. The van der Waals surface area contributed by atoms with Crippen molar-refractivity contribution < 1.29 is 4.79 Å². The first kappa shape index (κ1) is 18.2. The smallest absolute Gasteiger partial charge is 0.317 e. The molecule has 0 unspecified atom stereocenters. The summed E-state index contributed by atoms with van der Waals surface area (Å²) in [5.41, 5.74) is 1.15. The van der Waals surface area contributed by atoms with Crippen LogP contribution < -0.4 is 5.32 Å². The van der Waals surface area contributed by atoms with Crippen LogP contribution in [-0.2, 0) is 0 Å². The maximum Gasteiger partial charge on any atom is 0.317 e. The van der Waals surface area contributed by atoms with Gasteiger partial charge in [-0.3, -0.25) is 5.10 Å². The number of urea groups is 1. The second-order valence-corrected chi connectivity index (χ2v) is 8.14. The number of carbonyl (C=O) groups excluding carboxylic acids is 1. The Morgan fingerprint density at radius 3 is 2.92 bits per heavy atom. The quantitative estimate of drug-likeness (QED) is 0.861. The SMILES string of the molecule is CC(C)CN1CCC[C@H](CNC(=O)N2CCC[C@H](c3ccn[nH]3)C2)C1. The molecule has 140 valence electrons. The van der Waals surface area contributed by atoms with E-state index in [0.29, 0.717) is 17.8 Å². The van der Waals surface area contributed by atoms with Crippen LogP contribution in [0.4, 0.5) is 4.79 Å². The van der Waals surface area contributed by atoms with Gasteiger partial charge in [-0.25, -0.2) is 4.79 Å². The number of hydrogen-bond acceptors (Lipinski definition) is 3. The standard InChI is InChI=1S/C19H33N5O/c1-15(2)12-23-9-3-5-16(13-23)11-20-19(25)24-10-4-6-17(14-24)18-7-8-21-22-18/h7-8,15-17H,3-6,9-14H2,1-2H3,(H,20,25)(H,21,22)/t16-,17+/m1/s1. The van der Waals surface area contributed by atoms with E-state index in [4.69, 9.17) is 0 Å². The molecule has 3 rings (SSSR count). The minimum Gasteiger partial charge on any atom is -0.338 e. The van der Waals surface area contributed by atoms with Gasteiger partial charge in [-0.2, -0.15) is 5.10 Å². The number of aromatic amines is 1. The molecule has 2 amide bonds. The van der Waals surface area contributed by atoms with Crippen LogP contribution in [0.3, 0.4) is 0 Å². The maximum atomic E-state index is 12.6. The Balaban J connectivity index is 1.44. The van der Waals surface area contributed by atoms with Crippen LogP contribution in [0.5, 0.6) is 0 Å². The highest BCUT2D eigenvalue weighted by atomic mass is 16.2. The van der Waals surface area contributed by atoms with Crippen molar-refractivity contribution in [3.8, 4) is 0 Å². The van der Waals surface area contributed by atoms with Gasteiger partial charge in [0.1, 0.15) is 0 Å². The van der Waals surface area contributed by atoms with Gasteiger partial charge in [0.15, 0.2) is 0 Å². The van der Waals surface area contributed by atoms with E-state index in [1.807, 2.05) is 11.0 Å². The summed E-state index contributed by atoms with van der Waals surface area (Å²) >= 11 is 0. The minimum absolute atomic E-state index is 0.102. The topological polar surface area (TPSA) is 64.3 Å². The van der Waals surface area contributed by atoms with Crippen LogP contribution in [0, 0.1) is 11.8 Å². The molecule has 6 heteroatoms. The third-order valence-corrected chi connectivity index (χ3v) is 5.44. The van der Waals surface area contributed by atoms with E-state index >= 15 is 0 Å². The molecule has 0 aromatic carbocycles. The fraction of sp³-hybridized carbons (Fsp3) is 0.789. The van der Waals surface area contributed by atoms with Crippen molar-refractivity contribution >= 4 is 6.03 Å². The summed E-state index contributed by atoms with van der Waals surface area (Å²) in [5, 5.41) is 10.3. The average Bonchev–Trinajstić information content (AvgIpc) is 3.14. The Bertz CT molecular complexity index is 530. The van der Waals surface area contributed by atoms with Gasteiger partial charge >= 0.3 is 6.03 Å². The van der Waals surface area contributed by atoms with Crippen LogP contribution >= 0.6 is 0 Å². The molecule has 0 radical (unpaired) electrons. The number of aromatic nitrogens is 2. The van der Waals surface area contributed by atoms with Gasteiger partial charge in [-0.15, -0.1) is 0 Å². The predicted molar refractivity (Wildman–Crippen MR) is 99.5 cm³/mol. The molecule has 2 aliphatic rings. The van der Waals surface area contributed by atoms with Crippen LogP contribution in [0.2, 0.25) is 0 Å². The minimum atomic E-state index is 0.102. The largest absolute Gasteiger partial charge is 0.338 e. The van der Waals surface area contributed by atoms with Crippen molar-refractivity contribution in [3.05, 3.63) is 18.0 Å². The van der Waals surface area contributed by atoms with Crippen LogP contribution in [0.25, 0.3) is 0 Å². The first-order valence-corrected chi connectivity index (χ1v) is 9.86. The highest BCUT2D eigenvalue weighted by Crippen LogP contribution is 2.25. The van der Waals surface area contributed by atoms with E-state index in [1.54, 1.807) is 6.20 Å². The number of piperidine rings is 2. The highest BCUT2D eigenvalue weighted by Gasteiger charge is 2.26. The van der Waals surface area contributed by atoms with Gasteiger partial charge in [0.05, 0.1) is 0 Å². The summed E-state index contributed by atoms with van der Waals surface area (Å²) in [6.45, 7) is 10.5. The third kappa shape index (κ3) is 5.21. The molecule has 0 aliphatic carbocycles. The molecule has 0 spiro atoms. The Labute approximate surface area is 151 Å². The number of carbonyl (C=O) groups is 1. The Hall–Kier alpha value is -1.56. The summed E-state index contributed by atoms with van der Waals surface area (Å²) in [4.78, 5) is 17.1. The Morgan fingerprint density at radius 1 is 1.32 bits per heavy atom. The van der Waals surface area contributed by atoms with Gasteiger partial charge in [0.25, 0.3) is 0 Å². The molecule has 3 heterocycles. The predicted octanol–water partition coefficient (Wildman–Crippen LogP) is 2.67. The van der Waals surface area contributed by atoms with E-state index in [0.717, 1.165) is 44.7 Å². The molecule has 2 aliphatic heterocycles. The number of nitrogens with one attached hydrogen (secondary N) is 2. The summed E-state index contributed by atoms with van der Waals surface area (Å²) in [6, 6.07) is 2.13. The molecule has 0 saturated carbocycles. The molecule has 2 fully saturated rings. The first-order chi connectivity index (χ1) is 12.1. The van der Waals surface area contributed by atoms with E-state index in [-0.39, 0.29) is 6.03 Å². The van der Waals surface area contributed by atoms with Crippen molar-refractivity contribution in [2.45, 2.75) is 45.4 Å². The average molecular weight is 348 g/mol. The van der Waals surface area contributed by atoms with Crippen molar-refractivity contribution in [2.75, 3.05) is 39.3 Å². The second kappa shape index (κ2) is 8.70. The van der Waals surface area contributed by atoms with Crippen LogP contribution in [0.15, 0.2) is 12.3 Å². The summed E-state index contributed by atoms with van der Waals surface area (Å²) in [5.74, 6) is 1.68. The Kier molecular flexibility index (Phi) is 6.34. The van der Waals surface area contributed by atoms with Crippen molar-refractivity contribution in [1.82, 2.24) is 25.3 Å². The number of nitrogens with zero attached hydrogens (tertiary/aromatic N) is 3. The van der Waals surface area contributed by atoms with Crippen LogP contribution in [0.1, 0.15) is 51.1 Å². The molecule has 6 nitrogen and oxygen atoms in total. The van der Waals surface area contributed by atoms with E-state index in [2.05, 4.69) is 34.3 Å². The second-order valence-electron chi connectivity index (χ2n) is 8.14. The fourth-order valence-electron chi connectivity index (χ4n) is 4.25. The Morgan fingerprint density at radius 2 is 2.16 bits per heavy atom. The molecular formula is C19H33N5O. The van der Waals surface area contributed by atoms with E-state index in [1.165, 1.54) is 25.9 Å². The van der Waals surface area contributed by atoms with Gasteiger partial charge in [0.2, 0.25) is 0 Å². The van der Waals surface area contributed by atoms with Crippen molar-refractivity contribution in [3.63, 3.8) is 0 Å². The first-order valence-electron chi connectivity index (χ1n) is 9.86. The lowest BCUT2D eigenvalue weighted by atomic mass is 9.95. The third-order valence-electron chi connectivity index (χ3n) is 5.44. The van der Waals surface area contributed by atoms with E-state index < -0.39 is 0 Å². The zero-order valence-electron chi connectivity index (χ0n) is 15.7. The molecule has 0 bridgehead atoms. The number of H-pyrrole nitrogens is 1. The molecule has 2 N–H and O–H groups in total. The van der Waals surface area contributed by atoms with E-state index in [9.17, 15) is 4.79 Å². The summed E-state index contributed by atoms with van der Waals surface area (Å²) in [6.07, 6.45) is 6.45. The monoisotopic (exact) mass is 347 g/mol. The lowest BCUT2D eigenvalue weighted by molar-refractivity contribution is 0.149. The number of amides is 2. The van der Waals surface area contributed by atoms with Gasteiger partial charge in [-0.1, -0.05) is 13.8 Å². The number of hydrogen-bond donors (Lipinski definition) is 2. The van der Waals surface area contributed by atoms with Gasteiger partial charge < -0.3 is 15.1 Å². The number of likely N-dealkylation sites (tertiary alicyclic amines) is 2. The molecule has 2 atom stereocenters. The normalized spacial score (nSPS) is 25.3. The molecule has 1 aromatic rings. The summed E-state index contributed by atoms with van der Waals surface area (Å²) in [7, 11) is 0. The molecule has 2 saturated heterocycles. The highest BCUT2D eigenvalue weighted by molar-refractivity contribution is 5.74. The lowest BCUT2D eigenvalue weighted by Crippen LogP contribution is -2.48. The zero-order valence-corrected chi connectivity index (χ0v) is 15.7. The number of rotatable bonds is 5. The lowest BCUT2D eigenvalue weighted by Gasteiger charge is -2.35. The molecule has 25 heavy (non-hydrogen) atoms. The maximum absolute atomic E-state index is 12.6.